The number of aliphatic hydroxyl groups is 1. The van der Waals surface area contributed by atoms with E-state index in [1.165, 1.54) is 12.8 Å². The summed E-state index contributed by atoms with van der Waals surface area (Å²) in [7, 11) is 0. The van der Waals surface area contributed by atoms with Gasteiger partial charge in [-0.1, -0.05) is 30.3 Å². The van der Waals surface area contributed by atoms with Gasteiger partial charge in [0.1, 0.15) is 0 Å². The number of benzene rings is 1. The number of nitrogens with one attached hydrogen (secondary N) is 1. The molecule has 1 heterocycles. The lowest BCUT2D eigenvalue weighted by Gasteiger charge is -2.14. The molecule has 2 unspecified atom stereocenters. The molecule has 0 bridgehead atoms. The summed E-state index contributed by atoms with van der Waals surface area (Å²) in [5, 5.41) is 13.1. The molecule has 1 aromatic carbocycles. The largest absolute Gasteiger partial charge is 0.389 e. The highest BCUT2D eigenvalue weighted by Gasteiger charge is 2.14. The molecule has 1 aliphatic heterocycles. The Balaban J connectivity index is 1.46. The maximum atomic E-state index is 9.80. The number of aliphatic hydroxyl groups excluding tert-OH is 1. The zero-order chi connectivity index (χ0) is 14.0. The topological polar surface area (TPSA) is 50.7 Å². The number of hydrogen-bond acceptors (Lipinski definition) is 4. The van der Waals surface area contributed by atoms with Gasteiger partial charge in [0.2, 0.25) is 0 Å². The second-order valence-electron chi connectivity index (χ2n) is 5.28. The van der Waals surface area contributed by atoms with E-state index in [0.717, 1.165) is 25.1 Å². The summed E-state index contributed by atoms with van der Waals surface area (Å²) >= 11 is 0. The van der Waals surface area contributed by atoms with E-state index < -0.39 is 6.10 Å². The first-order valence-electron chi connectivity index (χ1n) is 7.46. The van der Waals surface area contributed by atoms with Gasteiger partial charge >= 0.3 is 0 Å². The van der Waals surface area contributed by atoms with Gasteiger partial charge < -0.3 is 19.9 Å². The highest BCUT2D eigenvalue weighted by Crippen LogP contribution is 2.14. The van der Waals surface area contributed by atoms with Crippen molar-refractivity contribution in [1.29, 1.82) is 0 Å². The number of rotatable bonds is 9. The lowest BCUT2D eigenvalue weighted by Crippen LogP contribution is -2.32. The minimum atomic E-state index is -0.455. The third-order valence-corrected chi connectivity index (χ3v) is 3.47. The molecular weight excluding hydrogens is 254 g/mol. The van der Waals surface area contributed by atoms with Crippen molar-refractivity contribution in [2.24, 2.45) is 0 Å². The second kappa shape index (κ2) is 9.08. The highest BCUT2D eigenvalue weighted by atomic mass is 16.5. The van der Waals surface area contributed by atoms with Crippen LogP contribution in [-0.4, -0.2) is 43.6 Å². The standard InChI is InChI=1S/C16H25NO3/c18-15(11-17-9-8-16-7-4-10-20-16)13-19-12-14-5-2-1-3-6-14/h1-3,5-6,15-18H,4,7-13H2. The van der Waals surface area contributed by atoms with Crippen molar-refractivity contribution >= 4 is 0 Å². The first-order chi connectivity index (χ1) is 9.84. The van der Waals surface area contributed by atoms with Crippen LogP contribution in [0.1, 0.15) is 24.8 Å². The van der Waals surface area contributed by atoms with E-state index in [1.54, 1.807) is 0 Å². The van der Waals surface area contributed by atoms with Crippen LogP contribution < -0.4 is 5.32 Å². The van der Waals surface area contributed by atoms with E-state index >= 15 is 0 Å². The summed E-state index contributed by atoms with van der Waals surface area (Å²) in [6.07, 6.45) is 3.33. The molecular formula is C16H25NO3. The molecule has 0 aliphatic carbocycles. The van der Waals surface area contributed by atoms with Gasteiger partial charge in [0, 0.05) is 13.2 Å². The predicted molar refractivity (Wildman–Crippen MR) is 78.6 cm³/mol. The van der Waals surface area contributed by atoms with E-state index in [9.17, 15) is 5.11 Å². The van der Waals surface area contributed by atoms with Crippen molar-refractivity contribution in [2.75, 3.05) is 26.3 Å². The Morgan fingerprint density at radius 2 is 2.20 bits per heavy atom. The van der Waals surface area contributed by atoms with Gasteiger partial charge in [0.15, 0.2) is 0 Å². The lowest BCUT2D eigenvalue weighted by atomic mass is 10.2. The Morgan fingerprint density at radius 1 is 1.35 bits per heavy atom. The lowest BCUT2D eigenvalue weighted by molar-refractivity contribution is 0.0282. The zero-order valence-corrected chi connectivity index (χ0v) is 12.0. The predicted octanol–water partition coefficient (Wildman–Crippen LogP) is 1.72. The Morgan fingerprint density at radius 3 is 2.95 bits per heavy atom. The average Bonchev–Trinajstić information content (AvgIpc) is 2.98. The van der Waals surface area contributed by atoms with Crippen LogP contribution >= 0.6 is 0 Å². The molecule has 1 fully saturated rings. The van der Waals surface area contributed by atoms with Crippen molar-refractivity contribution in [3.8, 4) is 0 Å². The summed E-state index contributed by atoms with van der Waals surface area (Å²) in [5.74, 6) is 0. The molecule has 0 amide bonds. The van der Waals surface area contributed by atoms with E-state index in [-0.39, 0.29) is 0 Å². The quantitative estimate of drug-likeness (QED) is 0.676. The van der Waals surface area contributed by atoms with Crippen molar-refractivity contribution in [2.45, 2.75) is 38.1 Å². The van der Waals surface area contributed by atoms with Gasteiger partial charge in [0.05, 0.1) is 25.4 Å². The average molecular weight is 279 g/mol. The van der Waals surface area contributed by atoms with Gasteiger partial charge in [-0.3, -0.25) is 0 Å². The highest BCUT2D eigenvalue weighted by molar-refractivity contribution is 5.13. The van der Waals surface area contributed by atoms with Gasteiger partial charge in [-0.25, -0.2) is 0 Å². The van der Waals surface area contributed by atoms with E-state index in [1.807, 2.05) is 30.3 Å². The molecule has 2 atom stereocenters. The summed E-state index contributed by atoms with van der Waals surface area (Å²) in [5.41, 5.74) is 1.13. The minimum absolute atomic E-state index is 0.363. The first kappa shape index (κ1) is 15.4. The molecule has 2 N–H and O–H groups in total. The molecule has 1 aromatic rings. The Kier molecular flexibility index (Phi) is 7.01. The van der Waals surface area contributed by atoms with Crippen molar-refractivity contribution < 1.29 is 14.6 Å². The monoisotopic (exact) mass is 279 g/mol. The fourth-order valence-corrected chi connectivity index (χ4v) is 2.35. The SMILES string of the molecule is OC(CNCCC1CCCO1)COCc1ccccc1. The normalized spacial score (nSPS) is 20.1. The minimum Gasteiger partial charge on any atom is -0.389 e. The molecule has 20 heavy (non-hydrogen) atoms. The molecule has 2 rings (SSSR count). The summed E-state index contributed by atoms with van der Waals surface area (Å²) in [6, 6.07) is 10.00. The van der Waals surface area contributed by atoms with Crippen molar-refractivity contribution in [3.63, 3.8) is 0 Å². The molecule has 0 aromatic heterocycles. The Hall–Kier alpha value is -0.940. The van der Waals surface area contributed by atoms with Crippen LogP contribution in [-0.2, 0) is 16.1 Å². The third kappa shape index (κ3) is 6.01. The molecule has 0 spiro atoms. The Bertz CT molecular complexity index is 352. The summed E-state index contributed by atoms with van der Waals surface area (Å²) < 4.78 is 11.0. The molecule has 1 saturated heterocycles. The maximum absolute atomic E-state index is 9.80. The Labute approximate surface area is 121 Å². The van der Waals surface area contributed by atoms with Crippen LogP contribution in [0.15, 0.2) is 30.3 Å². The number of ether oxygens (including phenoxy) is 2. The van der Waals surface area contributed by atoms with Crippen molar-refractivity contribution in [3.05, 3.63) is 35.9 Å². The molecule has 112 valence electrons. The molecule has 1 aliphatic rings. The fourth-order valence-electron chi connectivity index (χ4n) is 2.35. The van der Waals surface area contributed by atoms with Crippen LogP contribution in [0.5, 0.6) is 0 Å². The van der Waals surface area contributed by atoms with Crippen molar-refractivity contribution in [1.82, 2.24) is 5.32 Å². The molecule has 4 heteroatoms. The summed E-state index contributed by atoms with van der Waals surface area (Å²) in [6.45, 7) is 3.28. The summed E-state index contributed by atoms with van der Waals surface area (Å²) in [4.78, 5) is 0. The fraction of sp³-hybridized carbons (Fsp3) is 0.625. The van der Waals surface area contributed by atoms with Gasteiger partial charge in [-0.05, 0) is 31.4 Å². The molecule has 4 nitrogen and oxygen atoms in total. The van der Waals surface area contributed by atoms with E-state index in [2.05, 4.69) is 5.32 Å². The third-order valence-electron chi connectivity index (χ3n) is 3.47. The van der Waals surface area contributed by atoms with Gasteiger partial charge in [-0.15, -0.1) is 0 Å². The van der Waals surface area contributed by atoms with Crippen LogP contribution in [0.2, 0.25) is 0 Å². The zero-order valence-electron chi connectivity index (χ0n) is 12.0. The van der Waals surface area contributed by atoms with E-state index in [4.69, 9.17) is 9.47 Å². The van der Waals surface area contributed by atoms with Gasteiger partial charge in [-0.2, -0.15) is 0 Å². The van der Waals surface area contributed by atoms with Crippen LogP contribution in [0.25, 0.3) is 0 Å². The first-order valence-corrected chi connectivity index (χ1v) is 7.46. The van der Waals surface area contributed by atoms with Crippen LogP contribution in [0.3, 0.4) is 0 Å². The van der Waals surface area contributed by atoms with E-state index in [0.29, 0.717) is 25.9 Å². The molecule has 0 saturated carbocycles. The van der Waals surface area contributed by atoms with Crippen LogP contribution in [0.4, 0.5) is 0 Å². The van der Waals surface area contributed by atoms with Crippen LogP contribution in [0, 0.1) is 0 Å². The second-order valence-corrected chi connectivity index (χ2v) is 5.28. The maximum Gasteiger partial charge on any atom is 0.0897 e. The number of hydrogen-bond donors (Lipinski definition) is 2. The smallest absolute Gasteiger partial charge is 0.0897 e. The van der Waals surface area contributed by atoms with Gasteiger partial charge in [0.25, 0.3) is 0 Å². The molecule has 0 radical (unpaired) electrons.